The number of nitrogens with one attached hydrogen (secondary N) is 1. The van der Waals surface area contributed by atoms with Crippen LogP contribution in [0, 0.1) is 19.3 Å². The highest BCUT2D eigenvalue weighted by atomic mass is 16.5. The molecule has 0 unspecified atom stereocenters. The van der Waals surface area contributed by atoms with Crippen LogP contribution in [0.1, 0.15) is 23.2 Å². The van der Waals surface area contributed by atoms with Gasteiger partial charge in [0.05, 0.1) is 11.3 Å². The number of aromatic nitrogens is 2. The average molecular weight is 251 g/mol. The minimum atomic E-state index is 0.0269. The largest absolute Gasteiger partial charge is 0.385 e. The summed E-state index contributed by atoms with van der Waals surface area (Å²) in [6.07, 6.45) is 0.888. The second-order valence-electron chi connectivity index (χ2n) is 4.29. The van der Waals surface area contributed by atoms with Gasteiger partial charge in [-0.25, -0.2) is 0 Å². The van der Waals surface area contributed by atoms with Gasteiger partial charge in [0.15, 0.2) is 5.82 Å². The molecule has 6 nitrogen and oxygen atoms in total. The van der Waals surface area contributed by atoms with Crippen molar-refractivity contribution in [1.82, 2.24) is 10.2 Å². The Labute approximate surface area is 108 Å². The molecule has 0 aliphatic carbocycles. The van der Waals surface area contributed by atoms with Crippen LogP contribution in [0.2, 0.25) is 0 Å². The van der Waals surface area contributed by atoms with Gasteiger partial charge >= 0.3 is 0 Å². The average Bonchev–Trinajstić information content (AvgIpc) is 2.32. The predicted octanol–water partition coefficient (Wildman–Crippen LogP) is 0.850. The van der Waals surface area contributed by atoms with Crippen molar-refractivity contribution in [2.45, 2.75) is 20.3 Å². The van der Waals surface area contributed by atoms with Gasteiger partial charge in [-0.3, -0.25) is 5.41 Å². The fraction of sp³-hybridized carbons (Fsp3) is 0.583. The summed E-state index contributed by atoms with van der Waals surface area (Å²) in [6.45, 7) is 5.25. The fourth-order valence-corrected chi connectivity index (χ4v) is 1.74. The second kappa shape index (κ2) is 6.30. The lowest BCUT2D eigenvalue weighted by Gasteiger charge is -2.21. The lowest BCUT2D eigenvalue weighted by Crippen LogP contribution is -2.27. The summed E-state index contributed by atoms with van der Waals surface area (Å²) in [5.74, 6) is 0.681. The summed E-state index contributed by atoms with van der Waals surface area (Å²) in [5.41, 5.74) is 8.02. The van der Waals surface area contributed by atoms with E-state index < -0.39 is 0 Å². The number of ether oxygens (including phenoxy) is 1. The van der Waals surface area contributed by atoms with Crippen LogP contribution in [0.25, 0.3) is 0 Å². The molecule has 0 aliphatic heterocycles. The van der Waals surface area contributed by atoms with Crippen LogP contribution in [-0.4, -0.2) is 43.3 Å². The predicted molar refractivity (Wildman–Crippen MR) is 72.3 cm³/mol. The molecule has 1 rings (SSSR count). The van der Waals surface area contributed by atoms with Crippen molar-refractivity contribution in [3.63, 3.8) is 0 Å². The van der Waals surface area contributed by atoms with E-state index in [0.29, 0.717) is 18.0 Å². The third kappa shape index (κ3) is 3.16. The van der Waals surface area contributed by atoms with E-state index in [0.717, 1.165) is 24.2 Å². The summed E-state index contributed by atoms with van der Waals surface area (Å²) >= 11 is 0. The Morgan fingerprint density at radius 1 is 1.39 bits per heavy atom. The zero-order chi connectivity index (χ0) is 13.7. The molecule has 0 spiro atoms. The molecule has 3 N–H and O–H groups in total. The Kier molecular flexibility index (Phi) is 5.03. The first kappa shape index (κ1) is 14.4. The van der Waals surface area contributed by atoms with E-state index in [4.69, 9.17) is 15.9 Å². The standard InChI is InChI=1S/C12H21N5O/c1-8-9(2)15-16-12(10(8)11(13)14)17(3)6-5-7-18-4/h5-7H2,1-4H3,(H3,13,14). The number of anilines is 1. The lowest BCUT2D eigenvalue weighted by atomic mass is 10.1. The summed E-state index contributed by atoms with van der Waals surface area (Å²) in [7, 11) is 3.59. The molecule has 100 valence electrons. The highest BCUT2D eigenvalue weighted by molar-refractivity contribution is 6.01. The molecule has 0 fully saturated rings. The molecule has 0 bridgehead atoms. The smallest absolute Gasteiger partial charge is 0.162 e. The van der Waals surface area contributed by atoms with Gasteiger partial charge in [-0.1, -0.05) is 0 Å². The van der Waals surface area contributed by atoms with Crippen molar-refractivity contribution in [2.24, 2.45) is 5.73 Å². The minimum Gasteiger partial charge on any atom is -0.385 e. The molecule has 0 saturated carbocycles. The minimum absolute atomic E-state index is 0.0269. The van der Waals surface area contributed by atoms with E-state index >= 15 is 0 Å². The Balaban J connectivity index is 3.01. The number of nitrogens with two attached hydrogens (primary N) is 1. The van der Waals surface area contributed by atoms with Crippen LogP contribution in [-0.2, 0) is 4.74 Å². The van der Waals surface area contributed by atoms with Crippen LogP contribution >= 0.6 is 0 Å². The van der Waals surface area contributed by atoms with Gasteiger partial charge in [0.2, 0.25) is 0 Å². The Morgan fingerprint density at radius 2 is 2.06 bits per heavy atom. The number of hydrogen-bond acceptors (Lipinski definition) is 5. The van der Waals surface area contributed by atoms with Crippen LogP contribution in [0.5, 0.6) is 0 Å². The van der Waals surface area contributed by atoms with Crippen molar-refractivity contribution in [3.05, 3.63) is 16.8 Å². The number of hydrogen-bond donors (Lipinski definition) is 2. The SMILES string of the molecule is COCCCN(C)c1nnc(C)c(C)c1C(=N)N. The van der Waals surface area contributed by atoms with E-state index in [1.807, 2.05) is 25.8 Å². The highest BCUT2D eigenvalue weighted by Crippen LogP contribution is 2.20. The number of aryl methyl sites for hydroxylation is 1. The van der Waals surface area contributed by atoms with Crippen LogP contribution in [0.3, 0.4) is 0 Å². The molecule has 6 heteroatoms. The van der Waals surface area contributed by atoms with Gasteiger partial charge in [-0.2, -0.15) is 5.10 Å². The first-order chi connectivity index (χ1) is 8.49. The molecular formula is C12H21N5O. The fourth-order valence-electron chi connectivity index (χ4n) is 1.74. The molecule has 18 heavy (non-hydrogen) atoms. The van der Waals surface area contributed by atoms with Gasteiger partial charge < -0.3 is 15.4 Å². The second-order valence-corrected chi connectivity index (χ2v) is 4.29. The molecule has 0 aromatic carbocycles. The summed E-state index contributed by atoms with van der Waals surface area (Å²) in [4.78, 5) is 1.95. The van der Waals surface area contributed by atoms with Gasteiger partial charge in [-0.15, -0.1) is 5.10 Å². The third-order valence-corrected chi connectivity index (χ3v) is 2.91. The molecule has 0 atom stereocenters. The summed E-state index contributed by atoms with van der Waals surface area (Å²) in [6, 6.07) is 0. The van der Waals surface area contributed by atoms with Crippen molar-refractivity contribution in [3.8, 4) is 0 Å². The van der Waals surface area contributed by atoms with E-state index in [2.05, 4.69) is 10.2 Å². The van der Waals surface area contributed by atoms with Crippen molar-refractivity contribution in [1.29, 1.82) is 5.41 Å². The highest BCUT2D eigenvalue weighted by Gasteiger charge is 2.16. The number of methoxy groups -OCH3 is 1. The molecule has 0 saturated heterocycles. The van der Waals surface area contributed by atoms with Gasteiger partial charge in [0.1, 0.15) is 5.84 Å². The Bertz CT molecular complexity index is 433. The molecule has 0 amide bonds. The quantitative estimate of drug-likeness (QED) is 0.444. The molecule has 0 radical (unpaired) electrons. The van der Waals surface area contributed by atoms with Gasteiger partial charge in [0, 0.05) is 27.3 Å². The van der Waals surface area contributed by atoms with Gasteiger partial charge in [0.25, 0.3) is 0 Å². The van der Waals surface area contributed by atoms with Crippen molar-refractivity contribution < 1.29 is 4.74 Å². The molecule has 1 aromatic rings. The first-order valence-corrected chi connectivity index (χ1v) is 5.87. The normalized spacial score (nSPS) is 10.4. The maximum atomic E-state index is 7.68. The summed E-state index contributed by atoms with van der Waals surface area (Å²) in [5, 5.41) is 15.9. The maximum absolute atomic E-state index is 7.68. The number of rotatable bonds is 6. The molecule has 1 aromatic heterocycles. The number of amidine groups is 1. The summed E-state index contributed by atoms with van der Waals surface area (Å²) < 4.78 is 5.02. The lowest BCUT2D eigenvalue weighted by molar-refractivity contribution is 0.196. The number of nitrogen functional groups attached to an aromatic ring is 1. The topological polar surface area (TPSA) is 88.1 Å². The number of nitrogens with zero attached hydrogens (tertiary/aromatic N) is 3. The van der Waals surface area contributed by atoms with E-state index in [-0.39, 0.29) is 5.84 Å². The van der Waals surface area contributed by atoms with E-state index in [9.17, 15) is 0 Å². The zero-order valence-corrected chi connectivity index (χ0v) is 11.4. The molecular weight excluding hydrogens is 230 g/mol. The van der Waals surface area contributed by atoms with Crippen molar-refractivity contribution >= 4 is 11.7 Å². The first-order valence-electron chi connectivity index (χ1n) is 5.87. The Hall–Kier alpha value is -1.69. The molecule has 1 heterocycles. The monoisotopic (exact) mass is 251 g/mol. The van der Waals surface area contributed by atoms with Crippen LogP contribution in [0.4, 0.5) is 5.82 Å². The Morgan fingerprint density at radius 3 is 2.61 bits per heavy atom. The van der Waals surface area contributed by atoms with Crippen LogP contribution in [0.15, 0.2) is 0 Å². The zero-order valence-electron chi connectivity index (χ0n) is 11.4. The maximum Gasteiger partial charge on any atom is 0.162 e. The third-order valence-electron chi connectivity index (χ3n) is 2.91. The van der Waals surface area contributed by atoms with Crippen LogP contribution < -0.4 is 10.6 Å². The van der Waals surface area contributed by atoms with Crippen molar-refractivity contribution in [2.75, 3.05) is 32.2 Å². The van der Waals surface area contributed by atoms with Gasteiger partial charge in [-0.05, 0) is 25.8 Å². The van der Waals surface area contributed by atoms with E-state index in [1.54, 1.807) is 7.11 Å². The van der Waals surface area contributed by atoms with E-state index in [1.165, 1.54) is 0 Å². The molecule has 0 aliphatic rings.